The number of nitrogens with one attached hydrogen (secondary N) is 2. The maximum absolute atomic E-state index is 12.3. The van der Waals surface area contributed by atoms with Gasteiger partial charge >= 0.3 is 6.03 Å². The smallest absolute Gasteiger partial charge is 0.320 e. The van der Waals surface area contributed by atoms with Crippen molar-refractivity contribution < 1.29 is 14.3 Å². The van der Waals surface area contributed by atoms with E-state index in [9.17, 15) is 9.59 Å². The van der Waals surface area contributed by atoms with Crippen molar-refractivity contribution in [2.24, 2.45) is 0 Å². The van der Waals surface area contributed by atoms with Gasteiger partial charge in [0.25, 0.3) is 0 Å². The first kappa shape index (κ1) is 23.2. The highest BCUT2D eigenvalue weighted by molar-refractivity contribution is 6.76. The number of carbonyl (C=O) groups is 2. The van der Waals surface area contributed by atoms with Crippen LogP contribution in [0, 0.1) is 0 Å². The Kier molecular flexibility index (Phi) is 7.66. The fourth-order valence-corrected chi connectivity index (χ4v) is 4.42. The normalized spacial score (nSPS) is 17.0. The minimum atomic E-state index is -1.11. The van der Waals surface area contributed by atoms with Crippen molar-refractivity contribution in [3.8, 4) is 0 Å². The molecule has 1 fully saturated rings. The Morgan fingerprint density at radius 2 is 2.10 bits per heavy atom. The Hall–Kier alpha value is -2.46. The molecule has 31 heavy (non-hydrogen) atoms. The summed E-state index contributed by atoms with van der Waals surface area (Å²) >= 11 is 0. The molecule has 3 rings (SSSR count). The number of rotatable bonds is 8. The molecule has 1 unspecified atom stereocenters. The first-order valence-corrected chi connectivity index (χ1v) is 14.7. The molecular formula is C21H34N6O3Si. The fourth-order valence-electron chi connectivity index (χ4n) is 3.67. The first-order valence-electron chi connectivity index (χ1n) is 10.9. The van der Waals surface area contributed by atoms with Crippen molar-refractivity contribution in [3.05, 3.63) is 18.5 Å². The van der Waals surface area contributed by atoms with Crippen LogP contribution in [0.1, 0.15) is 26.2 Å². The van der Waals surface area contributed by atoms with Crippen LogP contribution < -0.4 is 10.6 Å². The van der Waals surface area contributed by atoms with Gasteiger partial charge in [-0.3, -0.25) is 10.1 Å². The Morgan fingerprint density at radius 1 is 1.29 bits per heavy atom. The van der Waals surface area contributed by atoms with E-state index in [-0.39, 0.29) is 18.0 Å². The van der Waals surface area contributed by atoms with Crippen LogP contribution in [0.3, 0.4) is 0 Å². The Bertz CT molecular complexity index is 910. The quantitative estimate of drug-likeness (QED) is 0.479. The van der Waals surface area contributed by atoms with E-state index in [1.54, 1.807) is 13.1 Å². The van der Waals surface area contributed by atoms with Crippen molar-refractivity contribution in [1.29, 1.82) is 0 Å². The third-order valence-electron chi connectivity index (χ3n) is 5.46. The predicted molar refractivity (Wildman–Crippen MR) is 124 cm³/mol. The van der Waals surface area contributed by atoms with Gasteiger partial charge in [0.2, 0.25) is 5.91 Å². The van der Waals surface area contributed by atoms with Gasteiger partial charge in [-0.1, -0.05) is 19.6 Å². The highest BCUT2D eigenvalue weighted by Crippen LogP contribution is 2.17. The maximum atomic E-state index is 12.3. The van der Waals surface area contributed by atoms with Crippen LogP contribution in [0.5, 0.6) is 0 Å². The summed E-state index contributed by atoms with van der Waals surface area (Å²) in [6, 6.07) is 2.67. The van der Waals surface area contributed by atoms with E-state index in [0.717, 1.165) is 44.1 Å². The Balaban J connectivity index is 1.51. The molecule has 9 nitrogen and oxygen atoms in total. The van der Waals surface area contributed by atoms with Gasteiger partial charge in [-0.2, -0.15) is 0 Å². The molecule has 10 heteroatoms. The summed E-state index contributed by atoms with van der Waals surface area (Å²) < 4.78 is 7.71. The van der Waals surface area contributed by atoms with Crippen molar-refractivity contribution in [2.75, 3.05) is 25.0 Å². The summed E-state index contributed by atoms with van der Waals surface area (Å²) in [4.78, 5) is 34.8. The predicted octanol–water partition coefficient (Wildman–Crippen LogP) is 3.27. The van der Waals surface area contributed by atoms with Gasteiger partial charge in [0.05, 0.1) is 6.20 Å². The van der Waals surface area contributed by atoms with Gasteiger partial charge in [-0.25, -0.2) is 14.8 Å². The molecule has 0 aliphatic carbocycles. The zero-order chi connectivity index (χ0) is 22.4. The van der Waals surface area contributed by atoms with E-state index in [1.165, 1.54) is 0 Å². The summed E-state index contributed by atoms with van der Waals surface area (Å²) in [5, 5.41) is 5.58. The highest BCUT2D eigenvalue weighted by Gasteiger charge is 2.24. The summed E-state index contributed by atoms with van der Waals surface area (Å²) in [7, 11) is -1.11. The van der Waals surface area contributed by atoms with Gasteiger partial charge in [0.1, 0.15) is 12.2 Å². The third-order valence-corrected chi connectivity index (χ3v) is 7.17. The van der Waals surface area contributed by atoms with Crippen LogP contribution in [0.4, 0.5) is 10.6 Å². The molecule has 1 saturated heterocycles. The molecule has 3 heterocycles. The van der Waals surface area contributed by atoms with E-state index in [4.69, 9.17) is 4.74 Å². The van der Waals surface area contributed by atoms with Crippen LogP contribution in [0.15, 0.2) is 18.5 Å². The summed E-state index contributed by atoms with van der Waals surface area (Å²) in [6.07, 6.45) is 6.42. The Morgan fingerprint density at radius 3 is 2.84 bits per heavy atom. The monoisotopic (exact) mass is 446 g/mol. The number of aromatic nitrogens is 3. The van der Waals surface area contributed by atoms with Gasteiger partial charge < -0.3 is 19.5 Å². The lowest BCUT2D eigenvalue weighted by atomic mass is 10.0. The molecule has 0 radical (unpaired) electrons. The number of hydrogen-bond acceptors (Lipinski definition) is 5. The number of nitrogens with zero attached hydrogens (tertiary/aromatic N) is 4. The molecule has 0 aromatic carbocycles. The topological polar surface area (TPSA) is 101 Å². The van der Waals surface area contributed by atoms with E-state index >= 15 is 0 Å². The number of piperidine rings is 1. The molecule has 2 aromatic heterocycles. The minimum Gasteiger partial charge on any atom is -0.361 e. The van der Waals surface area contributed by atoms with Crippen molar-refractivity contribution >= 4 is 37.0 Å². The summed E-state index contributed by atoms with van der Waals surface area (Å²) in [5.41, 5.74) is 1.42. The zero-order valence-corrected chi connectivity index (χ0v) is 20.0. The second-order valence-electron chi connectivity index (χ2n) is 9.29. The minimum absolute atomic E-state index is 0.0422. The Labute approximate surface area is 184 Å². The maximum Gasteiger partial charge on any atom is 0.320 e. The molecule has 0 bridgehead atoms. The lowest BCUT2D eigenvalue weighted by molar-refractivity contribution is -0.132. The number of carbonyl (C=O) groups excluding carboxylic acids is 2. The number of likely N-dealkylation sites (tertiary alicyclic amines) is 1. The van der Waals surface area contributed by atoms with Crippen molar-refractivity contribution in [2.45, 2.75) is 64.6 Å². The molecule has 0 spiro atoms. The van der Waals surface area contributed by atoms with Crippen LogP contribution in [-0.2, 0) is 16.3 Å². The van der Waals surface area contributed by atoms with Gasteiger partial charge in [-0.15, -0.1) is 0 Å². The van der Waals surface area contributed by atoms with Crippen LogP contribution in [0.2, 0.25) is 25.7 Å². The van der Waals surface area contributed by atoms with Crippen LogP contribution >= 0.6 is 0 Å². The third kappa shape index (κ3) is 6.76. The number of hydrogen-bond donors (Lipinski definition) is 2. The highest BCUT2D eigenvalue weighted by atomic mass is 28.3. The molecule has 1 aliphatic rings. The SMILES string of the molecule is CC(=O)N1CCCCC1CNC(=O)Nc1cnc2c(ccn2COCC[Si](C)(C)C)n1. The lowest BCUT2D eigenvalue weighted by Gasteiger charge is -2.35. The molecule has 2 N–H and O–H groups in total. The van der Waals surface area contributed by atoms with Crippen LogP contribution in [0.25, 0.3) is 11.2 Å². The zero-order valence-electron chi connectivity index (χ0n) is 19.0. The standard InChI is InChI=1S/C21H34N6O3Si/c1-16(28)27-9-6-5-7-17(27)13-23-21(29)25-19-14-22-20-18(24-19)8-10-26(20)15-30-11-12-31(2,3)4/h8,10,14,17H,5-7,9,11-13,15H2,1-4H3,(H2,23,24,25,29). The van der Waals surface area contributed by atoms with E-state index in [1.807, 2.05) is 21.7 Å². The first-order chi connectivity index (χ1) is 14.7. The second kappa shape index (κ2) is 10.2. The molecule has 0 saturated carbocycles. The summed E-state index contributed by atoms with van der Waals surface area (Å²) in [6.45, 7) is 10.9. The number of amides is 3. The average Bonchev–Trinajstić information content (AvgIpc) is 3.11. The molecular weight excluding hydrogens is 412 g/mol. The molecule has 170 valence electrons. The number of urea groups is 1. The van der Waals surface area contributed by atoms with Gasteiger partial charge in [0, 0.05) is 46.9 Å². The summed E-state index contributed by atoms with van der Waals surface area (Å²) in [5.74, 6) is 0.437. The van der Waals surface area contributed by atoms with Crippen molar-refractivity contribution in [3.63, 3.8) is 0 Å². The van der Waals surface area contributed by atoms with E-state index in [0.29, 0.717) is 24.6 Å². The molecule has 1 aliphatic heterocycles. The van der Waals surface area contributed by atoms with E-state index < -0.39 is 8.07 Å². The lowest BCUT2D eigenvalue weighted by Crippen LogP contribution is -2.49. The number of ether oxygens (including phenoxy) is 1. The largest absolute Gasteiger partial charge is 0.361 e. The van der Waals surface area contributed by atoms with Crippen molar-refractivity contribution in [1.82, 2.24) is 24.8 Å². The fraction of sp³-hybridized carbons (Fsp3) is 0.619. The number of fused-ring (bicyclic) bond motifs is 1. The van der Waals surface area contributed by atoms with Gasteiger partial charge in [-0.05, 0) is 31.4 Å². The average molecular weight is 447 g/mol. The second-order valence-corrected chi connectivity index (χ2v) is 14.9. The number of anilines is 1. The molecule has 3 amide bonds. The van der Waals surface area contributed by atoms with Gasteiger partial charge in [0.15, 0.2) is 11.5 Å². The van der Waals surface area contributed by atoms with E-state index in [2.05, 4.69) is 40.2 Å². The molecule has 2 aromatic rings. The van der Waals surface area contributed by atoms with Crippen LogP contribution in [-0.4, -0.2) is 65.2 Å². The molecule has 1 atom stereocenters.